The maximum absolute atomic E-state index is 12.8. The van der Waals surface area contributed by atoms with Crippen molar-refractivity contribution in [3.05, 3.63) is 35.4 Å². The first-order valence-corrected chi connectivity index (χ1v) is 7.98. The minimum Gasteiger partial charge on any atom is -0.338 e. The van der Waals surface area contributed by atoms with E-state index in [9.17, 15) is 4.79 Å². The summed E-state index contributed by atoms with van der Waals surface area (Å²) < 4.78 is 0. The zero-order valence-corrected chi connectivity index (χ0v) is 13.0. The van der Waals surface area contributed by atoms with Crippen LogP contribution in [-0.4, -0.2) is 54.5 Å². The fraction of sp³-hybridized carbons (Fsp3) is 0.588. The summed E-state index contributed by atoms with van der Waals surface area (Å²) in [5, 5.41) is 3.41. The van der Waals surface area contributed by atoms with Gasteiger partial charge in [-0.25, -0.2) is 0 Å². The van der Waals surface area contributed by atoms with Gasteiger partial charge in [-0.05, 0) is 31.0 Å². The molecule has 1 unspecified atom stereocenters. The summed E-state index contributed by atoms with van der Waals surface area (Å²) in [6, 6.07) is 8.87. The second-order valence-corrected chi connectivity index (χ2v) is 6.23. The second-order valence-electron chi connectivity index (χ2n) is 6.23. The summed E-state index contributed by atoms with van der Waals surface area (Å²) in [5.74, 6) is 0.274. The van der Waals surface area contributed by atoms with Gasteiger partial charge >= 0.3 is 0 Å². The Morgan fingerprint density at radius 2 is 2.05 bits per heavy atom. The Hall–Kier alpha value is -1.39. The molecule has 2 aliphatic rings. The van der Waals surface area contributed by atoms with Gasteiger partial charge in [0.15, 0.2) is 0 Å². The SMILES string of the molecule is CCC1CN(C(=O)[C@H]2Cc3ccccc3CN2)CCN1C. The van der Waals surface area contributed by atoms with Gasteiger partial charge in [0.2, 0.25) is 5.91 Å². The maximum atomic E-state index is 12.8. The molecule has 1 aromatic carbocycles. The molecule has 2 aliphatic heterocycles. The Morgan fingerprint density at radius 3 is 2.81 bits per heavy atom. The predicted molar refractivity (Wildman–Crippen MR) is 84.1 cm³/mol. The largest absolute Gasteiger partial charge is 0.338 e. The lowest BCUT2D eigenvalue weighted by Gasteiger charge is -2.41. The molecule has 1 fully saturated rings. The molecule has 0 bridgehead atoms. The van der Waals surface area contributed by atoms with Gasteiger partial charge in [-0.15, -0.1) is 0 Å². The standard InChI is InChI=1S/C17H25N3O/c1-3-15-12-20(9-8-19(15)2)17(21)16-10-13-6-4-5-7-14(13)11-18-16/h4-7,15-16,18H,3,8-12H2,1-2H3/t15?,16-/m1/s1. The number of nitrogens with zero attached hydrogens (tertiary/aromatic N) is 2. The number of amides is 1. The fourth-order valence-electron chi connectivity index (χ4n) is 3.44. The van der Waals surface area contributed by atoms with Crippen LogP contribution in [0.15, 0.2) is 24.3 Å². The van der Waals surface area contributed by atoms with Gasteiger partial charge in [0.05, 0.1) is 6.04 Å². The molecule has 21 heavy (non-hydrogen) atoms. The first-order valence-electron chi connectivity index (χ1n) is 7.98. The summed E-state index contributed by atoms with van der Waals surface area (Å²) in [6.07, 6.45) is 1.92. The van der Waals surface area contributed by atoms with Crippen molar-refractivity contribution in [3.63, 3.8) is 0 Å². The number of rotatable bonds is 2. The quantitative estimate of drug-likeness (QED) is 0.889. The maximum Gasteiger partial charge on any atom is 0.240 e. The van der Waals surface area contributed by atoms with Crippen molar-refractivity contribution in [3.8, 4) is 0 Å². The van der Waals surface area contributed by atoms with E-state index in [1.165, 1.54) is 11.1 Å². The molecule has 4 nitrogen and oxygen atoms in total. The lowest BCUT2D eigenvalue weighted by Crippen LogP contribution is -2.57. The smallest absolute Gasteiger partial charge is 0.240 e. The molecule has 0 aliphatic carbocycles. The van der Waals surface area contributed by atoms with Crippen molar-refractivity contribution in [1.29, 1.82) is 0 Å². The monoisotopic (exact) mass is 287 g/mol. The molecule has 2 atom stereocenters. The lowest BCUT2D eigenvalue weighted by atomic mass is 9.95. The zero-order valence-electron chi connectivity index (χ0n) is 13.0. The summed E-state index contributed by atoms with van der Waals surface area (Å²) in [4.78, 5) is 17.2. The van der Waals surface area contributed by atoms with Crippen LogP contribution in [0.1, 0.15) is 24.5 Å². The highest BCUT2D eigenvalue weighted by molar-refractivity contribution is 5.82. The van der Waals surface area contributed by atoms with Gasteiger partial charge in [0.25, 0.3) is 0 Å². The molecule has 1 saturated heterocycles. The summed E-state index contributed by atoms with van der Waals surface area (Å²) in [5.41, 5.74) is 2.64. The number of likely N-dealkylation sites (N-methyl/N-ethyl adjacent to an activating group) is 1. The van der Waals surface area contributed by atoms with Crippen LogP contribution in [0.5, 0.6) is 0 Å². The van der Waals surface area contributed by atoms with Crippen LogP contribution >= 0.6 is 0 Å². The molecule has 1 amide bonds. The minimum absolute atomic E-state index is 0.0548. The minimum atomic E-state index is -0.0548. The van der Waals surface area contributed by atoms with Crippen molar-refractivity contribution in [2.75, 3.05) is 26.7 Å². The van der Waals surface area contributed by atoms with E-state index in [4.69, 9.17) is 0 Å². The van der Waals surface area contributed by atoms with Crippen LogP contribution in [0.3, 0.4) is 0 Å². The Morgan fingerprint density at radius 1 is 1.29 bits per heavy atom. The molecule has 1 N–H and O–H groups in total. The van der Waals surface area contributed by atoms with Crippen molar-refractivity contribution >= 4 is 5.91 Å². The first-order chi connectivity index (χ1) is 10.2. The Kier molecular flexibility index (Phi) is 4.27. The van der Waals surface area contributed by atoms with Crippen molar-refractivity contribution in [2.24, 2.45) is 0 Å². The van der Waals surface area contributed by atoms with Crippen LogP contribution in [0, 0.1) is 0 Å². The van der Waals surface area contributed by atoms with Crippen LogP contribution in [0.25, 0.3) is 0 Å². The average molecular weight is 287 g/mol. The molecule has 114 valence electrons. The van der Waals surface area contributed by atoms with E-state index in [0.29, 0.717) is 6.04 Å². The van der Waals surface area contributed by atoms with E-state index in [1.54, 1.807) is 0 Å². The second kappa shape index (κ2) is 6.16. The number of carbonyl (C=O) groups excluding carboxylic acids is 1. The highest BCUT2D eigenvalue weighted by Crippen LogP contribution is 2.19. The predicted octanol–water partition coefficient (Wildman–Crippen LogP) is 1.25. The molecule has 0 radical (unpaired) electrons. The third-order valence-electron chi connectivity index (χ3n) is 4.94. The molecular weight excluding hydrogens is 262 g/mol. The van der Waals surface area contributed by atoms with Gasteiger partial charge in [0.1, 0.15) is 0 Å². The number of nitrogens with one attached hydrogen (secondary N) is 1. The lowest BCUT2D eigenvalue weighted by molar-refractivity contribution is -0.136. The van der Waals surface area contributed by atoms with Crippen LogP contribution in [-0.2, 0) is 17.8 Å². The van der Waals surface area contributed by atoms with Crippen molar-refractivity contribution in [2.45, 2.75) is 38.4 Å². The third-order valence-corrected chi connectivity index (χ3v) is 4.94. The number of piperazine rings is 1. The van der Waals surface area contributed by atoms with Gasteiger partial charge in [0, 0.05) is 32.2 Å². The molecular formula is C17H25N3O. The fourth-order valence-corrected chi connectivity index (χ4v) is 3.44. The average Bonchev–Trinajstić information content (AvgIpc) is 2.54. The highest BCUT2D eigenvalue weighted by atomic mass is 16.2. The van der Waals surface area contributed by atoms with E-state index in [-0.39, 0.29) is 11.9 Å². The van der Waals surface area contributed by atoms with Crippen LogP contribution in [0.2, 0.25) is 0 Å². The van der Waals surface area contributed by atoms with E-state index >= 15 is 0 Å². The highest BCUT2D eigenvalue weighted by Gasteiger charge is 2.32. The number of benzene rings is 1. The van der Waals surface area contributed by atoms with E-state index in [2.05, 4.69) is 53.4 Å². The number of fused-ring (bicyclic) bond motifs is 1. The summed E-state index contributed by atoms with van der Waals surface area (Å²) in [6.45, 7) is 5.70. The Bertz CT molecular complexity index is 517. The molecule has 1 aromatic rings. The zero-order chi connectivity index (χ0) is 14.8. The van der Waals surface area contributed by atoms with E-state index in [1.807, 2.05) is 0 Å². The van der Waals surface area contributed by atoms with Gasteiger partial charge in [-0.1, -0.05) is 31.2 Å². The number of hydrogen-bond acceptors (Lipinski definition) is 3. The molecule has 4 heteroatoms. The van der Waals surface area contributed by atoms with Crippen LogP contribution in [0.4, 0.5) is 0 Å². The number of hydrogen-bond donors (Lipinski definition) is 1. The molecule has 0 spiro atoms. The molecule has 0 saturated carbocycles. The number of carbonyl (C=O) groups is 1. The van der Waals surface area contributed by atoms with Crippen LogP contribution < -0.4 is 5.32 Å². The van der Waals surface area contributed by atoms with E-state index < -0.39 is 0 Å². The van der Waals surface area contributed by atoms with Gasteiger partial charge in [-0.2, -0.15) is 0 Å². The molecule has 3 rings (SSSR count). The normalized spacial score (nSPS) is 26.5. The molecule has 0 aromatic heterocycles. The summed E-state index contributed by atoms with van der Waals surface area (Å²) >= 11 is 0. The van der Waals surface area contributed by atoms with Crippen molar-refractivity contribution < 1.29 is 4.79 Å². The summed E-state index contributed by atoms with van der Waals surface area (Å²) in [7, 11) is 2.16. The Labute approximate surface area is 127 Å². The van der Waals surface area contributed by atoms with E-state index in [0.717, 1.165) is 39.0 Å². The van der Waals surface area contributed by atoms with Crippen molar-refractivity contribution in [1.82, 2.24) is 15.1 Å². The first kappa shape index (κ1) is 14.5. The Balaban J connectivity index is 1.67. The third kappa shape index (κ3) is 2.97. The van der Waals surface area contributed by atoms with Gasteiger partial charge < -0.3 is 10.2 Å². The van der Waals surface area contributed by atoms with Gasteiger partial charge in [-0.3, -0.25) is 9.69 Å². The topological polar surface area (TPSA) is 35.6 Å². The molecule has 2 heterocycles.